The molecule has 0 bridgehead atoms. The van der Waals surface area contributed by atoms with Crippen LogP contribution in [0.15, 0.2) is 36.7 Å². The molecule has 3 rings (SSSR count). The van der Waals surface area contributed by atoms with Crippen LogP contribution >= 0.6 is 0 Å². The smallest absolute Gasteiger partial charge is 0.178 e. The highest BCUT2D eigenvalue weighted by Crippen LogP contribution is 2.30. The first-order valence-electron chi connectivity index (χ1n) is 8.99. The van der Waals surface area contributed by atoms with Crippen LogP contribution < -0.4 is 5.73 Å². The van der Waals surface area contributed by atoms with Crippen molar-refractivity contribution in [1.82, 2.24) is 30.6 Å². The number of pyridine rings is 2. The van der Waals surface area contributed by atoms with Crippen LogP contribution in [0.1, 0.15) is 44.1 Å². The number of nitrogens with two attached hydrogens (primary N) is 1. The summed E-state index contributed by atoms with van der Waals surface area (Å²) >= 11 is 0. The fourth-order valence-corrected chi connectivity index (χ4v) is 3.26. The third-order valence-corrected chi connectivity index (χ3v) is 4.67. The molecular weight excluding hydrogens is 342 g/mol. The van der Waals surface area contributed by atoms with Crippen molar-refractivity contribution in [3.05, 3.63) is 48.2 Å². The Morgan fingerprint density at radius 2 is 1.89 bits per heavy atom. The lowest BCUT2D eigenvalue weighted by Crippen LogP contribution is -2.23. The summed E-state index contributed by atoms with van der Waals surface area (Å²) in [5.74, 6) is 0.860. The zero-order valence-electron chi connectivity index (χ0n) is 15.5. The first kappa shape index (κ1) is 18.6. The van der Waals surface area contributed by atoms with Gasteiger partial charge in [0.15, 0.2) is 5.82 Å². The van der Waals surface area contributed by atoms with Crippen molar-refractivity contribution in [1.29, 1.82) is 0 Å². The predicted octanol–water partition coefficient (Wildman–Crippen LogP) is 2.57. The largest absolute Gasteiger partial charge is 0.384 e. The van der Waals surface area contributed by atoms with E-state index in [0.717, 1.165) is 29.7 Å². The molecule has 27 heavy (non-hydrogen) atoms. The molecule has 3 aromatic rings. The molecule has 140 valence electrons. The minimum atomic E-state index is -0.157. The van der Waals surface area contributed by atoms with Gasteiger partial charge in [-0.1, -0.05) is 24.6 Å². The summed E-state index contributed by atoms with van der Waals surface area (Å²) in [5.41, 5.74) is 8.42. The lowest BCUT2D eigenvalue weighted by atomic mass is 9.82. The number of hydrogen-bond acceptors (Lipinski definition) is 7. The SMILES string of the molecule is CCC[C@H](C(C)=O)[C@H](Cc1ccc(-c2ccc(N)nc2)cn1)c1nn[nH]n1. The summed E-state index contributed by atoms with van der Waals surface area (Å²) in [6.45, 7) is 3.69. The van der Waals surface area contributed by atoms with E-state index in [9.17, 15) is 4.79 Å². The lowest BCUT2D eigenvalue weighted by molar-refractivity contribution is -0.121. The number of aromatic nitrogens is 6. The number of nitrogens with zero attached hydrogens (tertiary/aromatic N) is 5. The van der Waals surface area contributed by atoms with Gasteiger partial charge in [-0.05, 0) is 31.5 Å². The number of nitrogens with one attached hydrogen (secondary N) is 1. The minimum Gasteiger partial charge on any atom is -0.384 e. The maximum absolute atomic E-state index is 12.2. The van der Waals surface area contributed by atoms with Gasteiger partial charge in [0, 0.05) is 47.5 Å². The van der Waals surface area contributed by atoms with Crippen molar-refractivity contribution >= 4 is 11.6 Å². The van der Waals surface area contributed by atoms with Crippen molar-refractivity contribution in [2.24, 2.45) is 5.92 Å². The summed E-state index contributed by atoms with van der Waals surface area (Å²) in [5, 5.41) is 14.4. The van der Waals surface area contributed by atoms with Gasteiger partial charge in [-0.25, -0.2) is 4.98 Å². The monoisotopic (exact) mass is 365 g/mol. The van der Waals surface area contributed by atoms with E-state index in [1.165, 1.54) is 0 Å². The van der Waals surface area contributed by atoms with Crippen molar-refractivity contribution < 1.29 is 4.79 Å². The Morgan fingerprint density at radius 1 is 1.15 bits per heavy atom. The molecule has 0 aromatic carbocycles. The topological polar surface area (TPSA) is 123 Å². The number of H-pyrrole nitrogens is 1. The molecule has 8 nitrogen and oxygen atoms in total. The highest BCUT2D eigenvalue weighted by molar-refractivity contribution is 5.79. The van der Waals surface area contributed by atoms with E-state index in [2.05, 4.69) is 37.5 Å². The lowest BCUT2D eigenvalue weighted by Gasteiger charge is -2.22. The minimum absolute atomic E-state index is 0.135. The molecule has 0 unspecified atom stereocenters. The van der Waals surface area contributed by atoms with Crippen LogP contribution in [0.25, 0.3) is 11.1 Å². The second kappa shape index (κ2) is 8.48. The molecule has 3 N–H and O–H groups in total. The summed E-state index contributed by atoms with van der Waals surface area (Å²) in [6, 6.07) is 7.62. The van der Waals surface area contributed by atoms with E-state index in [4.69, 9.17) is 5.73 Å². The zero-order valence-corrected chi connectivity index (χ0v) is 15.5. The highest BCUT2D eigenvalue weighted by Gasteiger charge is 2.30. The summed E-state index contributed by atoms with van der Waals surface area (Å²) in [7, 11) is 0. The standard InChI is InChI=1S/C19H23N7O/c1-3-4-16(12(2)27)17(19-23-25-26-24-19)9-15-7-5-13(10-21-15)14-6-8-18(20)22-11-14/h5-8,10-11,16-17H,3-4,9H2,1-2H3,(H2,20,22)(H,23,24,25,26)/t16-,17+/m1/s1. The summed E-state index contributed by atoms with van der Waals surface area (Å²) in [4.78, 5) is 20.9. The van der Waals surface area contributed by atoms with Gasteiger partial charge >= 0.3 is 0 Å². The molecule has 0 radical (unpaired) electrons. The maximum Gasteiger partial charge on any atom is 0.178 e. The average molecular weight is 365 g/mol. The molecule has 3 heterocycles. The molecule has 2 atom stereocenters. The number of tetrazole rings is 1. The maximum atomic E-state index is 12.2. The predicted molar refractivity (Wildman–Crippen MR) is 102 cm³/mol. The molecule has 3 aromatic heterocycles. The number of rotatable bonds is 8. The van der Waals surface area contributed by atoms with Gasteiger partial charge in [-0.15, -0.1) is 10.2 Å². The van der Waals surface area contributed by atoms with Gasteiger partial charge in [0.2, 0.25) is 0 Å². The zero-order chi connectivity index (χ0) is 19.2. The second-order valence-corrected chi connectivity index (χ2v) is 6.60. The van der Waals surface area contributed by atoms with Crippen LogP contribution in [0.2, 0.25) is 0 Å². The molecule has 0 amide bonds. The van der Waals surface area contributed by atoms with Gasteiger partial charge in [-0.3, -0.25) is 9.78 Å². The number of ketones is 1. The van der Waals surface area contributed by atoms with E-state index in [0.29, 0.717) is 18.1 Å². The van der Waals surface area contributed by atoms with Crippen molar-refractivity contribution in [3.8, 4) is 11.1 Å². The number of anilines is 1. The highest BCUT2D eigenvalue weighted by atomic mass is 16.1. The quantitative estimate of drug-likeness (QED) is 0.628. The van der Waals surface area contributed by atoms with Crippen LogP contribution in [-0.4, -0.2) is 36.4 Å². The van der Waals surface area contributed by atoms with Gasteiger partial charge in [0.05, 0.1) is 0 Å². The fraction of sp³-hybridized carbons (Fsp3) is 0.368. The molecule has 0 spiro atoms. The molecule has 0 saturated carbocycles. The number of nitrogen functional groups attached to an aromatic ring is 1. The van der Waals surface area contributed by atoms with E-state index in [-0.39, 0.29) is 17.6 Å². The Labute approximate surface area is 157 Å². The number of carbonyl (C=O) groups is 1. The molecule has 0 aliphatic rings. The number of carbonyl (C=O) groups excluding carboxylic acids is 1. The third kappa shape index (κ3) is 4.52. The van der Waals surface area contributed by atoms with Crippen LogP contribution in [0.5, 0.6) is 0 Å². The summed E-state index contributed by atoms with van der Waals surface area (Å²) in [6.07, 6.45) is 5.79. The molecule has 0 aliphatic carbocycles. The number of aromatic amines is 1. The van der Waals surface area contributed by atoms with E-state index in [1.54, 1.807) is 25.4 Å². The Morgan fingerprint density at radius 3 is 2.41 bits per heavy atom. The molecule has 0 aliphatic heterocycles. The Hall–Kier alpha value is -3.16. The van der Waals surface area contributed by atoms with Gasteiger partial charge in [0.1, 0.15) is 11.6 Å². The fourth-order valence-electron chi connectivity index (χ4n) is 3.26. The van der Waals surface area contributed by atoms with Crippen molar-refractivity contribution in [2.45, 2.75) is 39.0 Å². The van der Waals surface area contributed by atoms with Crippen molar-refractivity contribution in [2.75, 3.05) is 5.73 Å². The number of Topliss-reactive ketones (excluding diaryl/α,β-unsaturated/α-hetero) is 1. The Bertz CT molecular complexity index is 860. The molecule has 0 fully saturated rings. The van der Waals surface area contributed by atoms with Gasteiger partial charge in [0.25, 0.3) is 0 Å². The van der Waals surface area contributed by atoms with Crippen LogP contribution in [-0.2, 0) is 11.2 Å². The first-order chi connectivity index (χ1) is 13.1. The van der Waals surface area contributed by atoms with Gasteiger partial charge < -0.3 is 5.73 Å². The Balaban J connectivity index is 1.83. The molecule has 0 saturated heterocycles. The third-order valence-electron chi connectivity index (χ3n) is 4.67. The Kier molecular flexibility index (Phi) is 5.85. The molecule has 8 heteroatoms. The van der Waals surface area contributed by atoms with E-state index < -0.39 is 0 Å². The number of hydrogen-bond donors (Lipinski definition) is 2. The van der Waals surface area contributed by atoms with E-state index >= 15 is 0 Å². The first-order valence-corrected chi connectivity index (χ1v) is 8.99. The average Bonchev–Trinajstić information content (AvgIpc) is 3.20. The van der Waals surface area contributed by atoms with Gasteiger partial charge in [-0.2, -0.15) is 5.21 Å². The van der Waals surface area contributed by atoms with Crippen LogP contribution in [0, 0.1) is 5.92 Å². The van der Waals surface area contributed by atoms with Crippen LogP contribution in [0.4, 0.5) is 5.82 Å². The second-order valence-electron chi connectivity index (χ2n) is 6.60. The summed E-state index contributed by atoms with van der Waals surface area (Å²) < 4.78 is 0. The van der Waals surface area contributed by atoms with E-state index in [1.807, 2.05) is 18.2 Å². The van der Waals surface area contributed by atoms with Crippen LogP contribution in [0.3, 0.4) is 0 Å². The normalized spacial score (nSPS) is 13.3. The van der Waals surface area contributed by atoms with Crippen molar-refractivity contribution in [3.63, 3.8) is 0 Å². The molecular formula is C19H23N7O.